The number of imidazole rings is 1. The number of benzene rings is 1. The fourth-order valence-corrected chi connectivity index (χ4v) is 4.67. The number of aromatic amines is 1. The van der Waals surface area contributed by atoms with Gasteiger partial charge in [0.05, 0.1) is 32.6 Å². The van der Waals surface area contributed by atoms with E-state index in [4.69, 9.17) is 0 Å². The summed E-state index contributed by atoms with van der Waals surface area (Å²) in [6, 6.07) is 1.96. The molecule has 10 heteroatoms. The first kappa shape index (κ1) is 15.9. The number of hydrogen-bond donors (Lipinski definition) is 1. The van der Waals surface area contributed by atoms with Crippen LogP contribution in [0.1, 0.15) is 0 Å². The van der Waals surface area contributed by atoms with Gasteiger partial charge in [0.15, 0.2) is 11.5 Å². The molecule has 0 unspecified atom stereocenters. The van der Waals surface area contributed by atoms with E-state index in [9.17, 15) is 0 Å². The third-order valence-electron chi connectivity index (χ3n) is 2.68. The average Bonchev–Trinajstić information content (AvgIpc) is 2.96. The molecular weight excluding hydrogens is 602 g/mol. The van der Waals surface area contributed by atoms with E-state index in [-0.39, 0.29) is 0 Å². The highest BCUT2D eigenvalue weighted by atomic mass is 79.9. The second kappa shape index (κ2) is 6.23. The summed E-state index contributed by atoms with van der Waals surface area (Å²) in [5, 5.41) is 0. The van der Waals surface area contributed by atoms with Gasteiger partial charge in [-0.2, -0.15) is 0 Å². The molecule has 2 heterocycles. The quantitative estimate of drug-likeness (QED) is 0.226. The van der Waals surface area contributed by atoms with E-state index in [0.29, 0.717) is 11.5 Å². The van der Waals surface area contributed by atoms with Crippen LogP contribution < -0.4 is 3.93 Å². The Morgan fingerprint density at radius 1 is 0.952 bits per heavy atom. The molecule has 1 aromatic carbocycles. The number of halogens is 5. The van der Waals surface area contributed by atoms with Crippen molar-refractivity contribution >= 4 is 103 Å². The molecule has 5 nitrogen and oxygen atoms in total. The molecule has 0 fully saturated rings. The molecule has 0 bridgehead atoms. The van der Waals surface area contributed by atoms with Crippen LogP contribution in [0.3, 0.4) is 0 Å². The molecule has 0 aliphatic carbocycles. The standard InChI is InChI=1S/C11H4Br5N5/c12-4-1-5(7(14)8(15)6(4)13)21(16)11-9-10(18-2-17-9)19-3-20-11/h1-3H,(H,17,18,19,20). The molecule has 2 aromatic heterocycles. The maximum absolute atomic E-state index is 4.31. The molecule has 0 saturated carbocycles. The molecule has 0 atom stereocenters. The molecule has 0 radical (unpaired) electrons. The minimum Gasteiger partial charge on any atom is -0.340 e. The van der Waals surface area contributed by atoms with Crippen LogP contribution in [0.4, 0.5) is 11.5 Å². The fourth-order valence-electron chi connectivity index (χ4n) is 1.72. The summed E-state index contributed by atoms with van der Waals surface area (Å²) in [4.78, 5) is 15.6. The first-order valence-corrected chi connectivity index (χ1v) is 9.31. The summed E-state index contributed by atoms with van der Waals surface area (Å²) in [7, 11) is 0. The summed E-state index contributed by atoms with van der Waals surface area (Å²) in [5.41, 5.74) is 2.22. The van der Waals surface area contributed by atoms with Crippen LogP contribution in [0.5, 0.6) is 0 Å². The SMILES string of the molecule is Brc1cc(N(Br)c2ncnc3nc[nH]c23)c(Br)c(Br)c1Br. The summed E-state index contributed by atoms with van der Waals surface area (Å²) in [5.74, 6) is 0.666. The number of fused-ring (bicyclic) bond motifs is 1. The topological polar surface area (TPSA) is 57.7 Å². The Bertz CT molecular complexity index is 833. The summed E-state index contributed by atoms with van der Waals surface area (Å²) < 4.78 is 5.38. The zero-order valence-corrected chi connectivity index (χ0v) is 17.8. The lowest BCUT2D eigenvalue weighted by Gasteiger charge is -2.19. The summed E-state index contributed by atoms with van der Waals surface area (Å²) >= 11 is 17.7. The highest BCUT2D eigenvalue weighted by molar-refractivity contribution is 9.15. The highest BCUT2D eigenvalue weighted by Crippen LogP contribution is 2.45. The minimum absolute atomic E-state index is 0.607. The lowest BCUT2D eigenvalue weighted by molar-refractivity contribution is 1.18. The molecule has 0 saturated heterocycles. The molecule has 0 aliphatic rings. The van der Waals surface area contributed by atoms with E-state index < -0.39 is 0 Å². The number of rotatable bonds is 2. The van der Waals surface area contributed by atoms with Crippen LogP contribution in [0.15, 0.2) is 36.6 Å². The maximum atomic E-state index is 4.31. The zero-order chi connectivity index (χ0) is 15.1. The third-order valence-corrected chi connectivity index (χ3v) is 8.04. The monoisotopic (exact) mass is 601 g/mol. The van der Waals surface area contributed by atoms with Gasteiger partial charge >= 0.3 is 0 Å². The lowest BCUT2D eigenvalue weighted by Crippen LogP contribution is -2.06. The molecule has 3 aromatic rings. The van der Waals surface area contributed by atoms with Crippen molar-refractivity contribution in [3.05, 3.63) is 36.6 Å². The van der Waals surface area contributed by atoms with E-state index in [1.165, 1.54) is 6.33 Å². The van der Waals surface area contributed by atoms with E-state index >= 15 is 0 Å². The fraction of sp³-hybridized carbons (Fsp3) is 0. The molecule has 0 amide bonds. The first-order chi connectivity index (χ1) is 10.0. The van der Waals surface area contributed by atoms with Gasteiger partial charge < -0.3 is 4.98 Å². The predicted octanol–water partition coefficient (Wildman–Crippen LogP) is 5.85. The van der Waals surface area contributed by atoms with Gasteiger partial charge in [-0.15, -0.1) is 0 Å². The minimum atomic E-state index is 0.607. The van der Waals surface area contributed by atoms with Crippen molar-refractivity contribution in [2.45, 2.75) is 0 Å². The number of hydrogen-bond acceptors (Lipinski definition) is 4. The van der Waals surface area contributed by atoms with Crippen LogP contribution >= 0.6 is 79.9 Å². The van der Waals surface area contributed by atoms with Crippen molar-refractivity contribution in [1.82, 2.24) is 19.9 Å². The van der Waals surface area contributed by atoms with Gasteiger partial charge in [-0.3, -0.25) is 3.93 Å². The van der Waals surface area contributed by atoms with Gasteiger partial charge in [-0.25, -0.2) is 15.0 Å². The second-order valence-electron chi connectivity index (χ2n) is 3.90. The Kier molecular flexibility index (Phi) is 4.70. The Labute approximate surface area is 161 Å². The Balaban J connectivity index is 2.19. The zero-order valence-electron chi connectivity index (χ0n) is 9.91. The predicted molar refractivity (Wildman–Crippen MR) is 100.0 cm³/mol. The van der Waals surface area contributed by atoms with E-state index in [1.54, 1.807) is 10.3 Å². The molecule has 108 valence electrons. The van der Waals surface area contributed by atoms with Crippen molar-refractivity contribution in [3.8, 4) is 0 Å². The average molecular weight is 606 g/mol. The maximum Gasteiger partial charge on any atom is 0.182 e. The smallest absolute Gasteiger partial charge is 0.182 e. The van der Waals surface area contributed by atoms with Gasteiger partial charge in [0.2, 0.25) is 0 Å². The highest BCUT2D eigenvalue weighted by Gasteiger charge is 2.20. The Hall–Kier alpha value is -0.0300. The number of nitrogens with one attached hydrogen (secondary N) is 1. The van der Waals surface area contributed by atoms with Crippen LogP contribution in [0.25, 0.3) is 11.2 Å². The summed E-state index contributed by atoms with van der Waals surface area (Å²) in [6.07, 6.45) is 3.07. The number of nitrogens with zero attached hydrogens (tertiary/aromatic N) is 4. The van der Waals surface area contributed by atoms with Crippen molar-refractivity contribution in [2.75, 3.05) is 3.93 Å². The first-order valence-electron chi connectivity index (χ1n) is 5.43. The molecule has 3 rings (SSSR count). The lowest BCUT2D eigenvalue weighted by atomic mass is 10.3. The van der Waals surface area contributed by atoms with Crippen LogP contribution in [-0.4, -0.2) is 19.9 Å². The normalized spacial score (nSPS) is 11.1. The van der Waals surface area contributed by atoms with Gasteiger partial charge in [-0.05, 0) is 69.8 Å². The van der Waals surface area contributed by atoms with Gasteiger partial charge in [0.25, 0.3) is 0 Å². The summed E-state index contributed by atoms with van der Waals surface area (Å²) in [6.45, 7) is 0. The van der Waals surface area contributed by atoms with E-state index in [0.717, 1.165) is 29.1 Å². The van der Waals surface area contributed by atoms with Crippen molar-refractivity contribution in [3.63, 3.8) is 0 Å². The van der Waals surface area contributed by atoms with Gasteiger partial charge in [0.1, 0.15) is 11.8 Å². The van der Waals surface area contributed by atoms with Crippen LogP contribution in [0.2, 0.25) is 0 Å². The van der Waals surface area contributed by atoms with E-state index in [1.807, 2.05) is 6.07 Å². The van der Waals surface area contributed by atoms with E-state index in [2.05, 4.69) is 99.8 Å². The third kappa shape index (κ3) is 2.80. The van der Waals surface area contributed by atoms with Gasteiger partial charge in [-0.1, -0.05) is 0 Å². The molecular formula is C11H4Br5N5. The van der Waals surface area contributed by atoms with Crippen LogP contribution in [0, 0.1) is 0 Å². The molecule has 0 aliphatic heterocycles. The molecule has 0 spiro atoms. The second-order valence-corrected chi connectivity index (χ2v) is 7.84. The number of aromatic nitrogens is 4. The number of H-pyrrole nitrogens is 1. The van der Waals surface area contributed by atoms with Crippen molar-refractivity contribution in [2.24, 2.45) is 0 Å². The van der Waals surface area contributed by atoms with Crippen molar-refractivity contribution in [1.29, 1.82) is 0 Å². The van der Waals surface area contributed by atoms with Gasteiger partial charge in [0, 0.05) is 13.4 Å². The number of anilines is 2. The van der Waals surface area contributed by atoms with Crippen LogP contribution in [-0.2, 0) is 0 Å². The Morgan fingerprint density at radius 3 is 2.48 bits per heavy atom. The Morgan fingerprint density at radius 2 is 1.71 bits per heavy atom. The van der Waals surface area contributed by atoms with Crippen molar-refractivity contribution < 1.29 is 0 Å². The molecule has 21 heavy (non-hydrogen) atoms. The largest absolute Gasteiger partial charge is 0.340 e. The molecule has 1 N–H and O–H groups in total.